The molecule has 0 aliphatic carbocycles. The molecule has 4 nitrogen and oxygen atoms in total. The van der Waals surface area contributed by atoms with Gasteiger partial charge in [0, 0.05) is 11.9 Å². The number of amides is 1. The molecule has 0 saturated heterocycles. The maximum Gasteiger partial charge on any atom is 0.226 e. The topological polar surface area (TPSA) is 68.0 Å². The molecule has 0 radical (unpaired) electrons. The first-order valence-electron chi connectivity index (χ1n) is 7.17. The lowest BCUT2D eigenvalue weighted by atomic mass is 10.1. The number of rotatable bonds is 4. The van der Waals surface area contributed by atoms with E-state index in [1.54, 1.807) is 0 Å². The van der Waals surface area contributed by atoms with Crippen LogP contribution in [0.15, 0.2) is 60.7 Å². The van der Waals surface area contributed by atoms with Crippen LogP contribution in [-0.4, -0.2) is 10.9 Å². The largest absolute Gasteiger partial charge is 0.397 e. The number of anilines is 1. The minimum absolute atomic E-state index is 0.0507. The number of hydrogen-bond acceptors (Lipinski definition) is 3. The Balaban J connectivity index is 1.67. The number of nitrogens with zero attached hydrogens (tertiary/aromatic N) is 1. The second-order valence-corrected chi connectivity index (χ2v) is 5.16. The van der Waals surface area contributed by atoms with Gasteiger partial charge >= 0.3 is 0 Å². The van der Waals surface area contributed by atoms with Gasteiger partial charge in [0.15, 0.2) is 0 Å². The zero-order chi connectivity index (χ0) is 15.4. The van der Waals surface area contributed by atoms with Gasteiger partial charge in [0.25, 0.3) is 0 Å². The van der Waals surface area contributed by atoms with Gasteiger partial charge in [-0.3, -0.25) is 9.78 Å². The van der Waals surface area contributed by atoms with Crippen molar-refractivity contribution >= 4 is 22.5 Å². The molecule has 0 aliphatic heterocycles. The molecule has 3 rings (SSSR count). The van der Waals surface area contributed by atoms with Crippen LogP contribution in [0.2, 0.25) is 0 Å². The molecule has 110 valence electrons. The van der Waals surface area contributed by atoms with Crippen molar-refractivity contribution < 1.29 is 4.79 Å². The van der Waals surface area contributed by atoms with E-state index in [-0.39, 0.29) is 12.3 Å². The van der Waals surface area contributed by atoms with E-state index in [1.807, 2.05) is 60.7 Å². The van der Waals surface area contributed by atoms with Gasteiger partial charge in [-0.15, -0.1) is 0 Å². The average Bonchev–Trinajstić information content (AvgIpc) is 2.55. The minimum atomic E-state index is -0.0507. The molecule has 4 heteroatoms. The molecule has 1 heterocycles. The van der Waals surface area contributed by atoms with Crippen molar-refractivity contribution in [3.05, 3.63) is 71.9 Å². The zero-order valence-corrected chi connectivity index (χ0v) is 12.1. The van der Waals surface area contributed by atoms with Crippen molar-refractivity contribution in [1.82, 2.24) is 10.3 Å². The predicted octanol–water partition coefficient (Wildman–Crippen LogP) is 2.68. The molecule has 0 aliphatic rings. The molecule has 22 heavy (non-hydrogen) atoms. The van der Waals surface area contributed by atoms with Gasteiger partial charge in [0.2, 0.25) is 5.91 Å². The van der Waals surface area contributed by atoms with Crippen molar-refractivity contribution in [2.75, 3.05) is 5.73 Å². The monoisotopic (exact) mass is 291 g/mol. The van der Waals surface area contributed by atoms with Crippen LogP contribution in [0.25, 0.3) is 10.9 Å². The summed E-state index contributed by atoms with van der Waals surface area (Å²) in [6, 6.07) is 19.3. The first-order chi connectivity index (χ1) is 10.7. The van der Waals surface area contributed by atoms with Crippen LogP contribution in [0.4, 0.5) is 5.69 Å². The Morgan fingerprint density at radius 2 is 1.82 bits per heavy atom. The molecule has 1 amide bonds. The Bertz CT molecular complexity index is 800. The highest BCUT2D eigenvalue weighted by molar-refractivity contribution is 5.89. The molecular formula is C18H17N3O. The summed E-state index contributed by atoms with van der Waals surface area (Å²) in [5, 5.41) is 3.88. The van der Waals surface area contributed by atoms with E-state index >= 15 is 0 Å². The van der Waals surface area contributed by atoms with Crippen LogP contribution in [0.1, 0.15) is 11.3 Å². The van der Waals surface area contributed by atoms with Crippen LogP contribution in [0.3, 0.4) is 0 Å². The number of hydrogen-bond donors (Lipinski definition) is 2. The van der Waals surface area contributed by atoms with E-state index in [4.69, 9.17) is 5.73 Å². The zero-order valence-electron chi connectivity index (χ0n) is 12.1. The quantitative estimate of drug-likeness (QED) is 0.726. The Hall–Kier alpha value is -2.88. The Labute approximate surface area is 129 Å². The Morgan fingerprint density at radius 1 is 1.00 bits per heavy atom. The fourth-order valence-corrected chi connectivity index (χ4v) is 2.33. The van der Waals surface area contributed by atoms with E-state index in [2.05, 4.69) is 10.3 Å². The van der Waals surface area contributed by atoms with E-state index in [0.717, 1.165) is 22.2 Å². The third kappa shape index (κ3) is 3.23. The Morgan fingerprint density at radius 3 is 2.64 bits per heavy atom. The van der Waals surface area contributed by atoms with E-state index in [1.165, 1.54) is 0 Å². The molecule has 0 fully saturated rings. The predicted molar refractivity (Wildman–Crippen MR) is 88.1 cm³/mol. The van der Waals surface area contributed by atoms with Crippen molar-refractivity contribution in [2.45, 2.75) is 13.0 Å². The number of nitrogens with one attached hydrogen (secondary N) is 1. The summed E-state index contributed by atoms with van der Waals surface area (Å²) in [7, 11) is 0. The second-order valence-electron chi connectivity index (χ2n) is 5.16. The number of fused-ring (bicyclic) bond motifs is 1. The van der Waals surface area contributed by atoms with Gasteiger partial charge in [-0.25, -0.2) is 0 Å². The molecule has 3 aromatic rings. The maximum atomic E-state index is 12.0. The Kier molecular flexibility index (Phi) is 4.01. The number of carbonyl (C=O) groups excluding carboxylic acids is 1. The van der Waals surface area contributed by atoms with Crippen LogP contribution in [0, 0.1) is 0 Å². The van der Waals surface area contributed by atoms with Gasteiger partial charge < -0.3 is 11.1 Å². The molecule has 1 aromatic heterocycles. The van der Waals surface area contributed by atoms with Crippen LogP contribution in [-0.2, 0) is 17.8 Å². The lowest BCUT2D eigenvalue weighted by Gasteiger charge is -2.07. The summed E-state index contributed by atoms with van der Waals surface area (Å²) < 4.78 is 0. The minimum Gasteiger partial charge on any atom is -0.397 e. The van der Waals surface area contributed by atoms with E-state index in [0.29, 0.717) is 12.2 Å². The fraction of sp³-hybridized carbons (Fsp3) is 0.111. The number of carbonyl (C=O) groups is 1. The molecule has 0 saturated carbocycles. The second kappa shape index (κ2) is 6.26. The van der Waals surface area contributed by atoms with Crippen molar-refractivity contribution in [2.24, 2.45) is 0 Å². The number of nitrogens with two attached hydrogens (primary N) is 1. The molecule has 0 unspecified atom stereocenters. The van der Waals surface area contributed by atoms with Crippen molar-refractivity contribution in [3.63, 3.8) is 0 Å². The summed E-state index contributed by atoms with van der Waals surface area (Å²) >= 11 is 0. The summed E-state index contributed by atoms with van der Waals surface area (Å²) in [5.41, 5.74) is 9.10. The highest BCUT2D eigenvalue weighted by Gasteiger charge is 2.06. The molecule has 0 bridgehead atoms. The SMILES string of the molecule is Nc1cccc2ccc(CC(=O)NCc3ccccc3)nc12. The lowest BCUT2D eigenvalue weighted by molar-refractivity contribution is -0.120. The number of aromatic nitrogens is 1. The highest BCUT2D eigenvalue weighted by Crippen LogP contribution is 2.18. The number of pyridine rings is 1. The third-order valence-corrected chi connectivity index (χ3v) is 3.48. The standard InChI is InChI=1S/C18H17N3O/c19-16-8-4-7-14-9-10-15(21-18(14)16)11-17(22)20-12-13-5-2-1-3-6-13/h1-10H,11-12,19H2,(H,20,22). The summed E-state index contributed by atoms with van der Waals surface area (Å²) in [6.45, 7) is 0.523. The average molecular weight is 291 g/mol. The van der Waals surface area contributed by atoms with Gasteiger partial charge in [-0.1, -0.05) is 48.5 Å². The fourth-order valence-electron chi connectivity index (χ4n) is 2.33. The summed E-state index contributed by atoms with van der Waals surface area (Å²) in [6.07, 6.45) is 0.247. The van der Waals surface area contributed by atoms with Gasteiger partial charge in [0.1, 0.15) is 0 Å². The lowest BCUT2D eigenvalue weighted by Crippen LogP contribution is -2.24. The number of para-hydroxylation sites is 1. The number of benzene rings is 2. The van der Waals surface area contributed by atoms with Gasteiger partial charge in [-0.2, -0.15) is 0 Å². The molecule has 0 atom stereocenters. The van der Waals surface area contributed by atoms with Crippen molar-refractivity contribution in [1.29, 1.82) is 0 Å². The van der Waals surface area contributed by atoms with Crippen molar-refractivity contribution in [3.8, 4) is 0 Å². The van der Waals surface area contributed by atoms with Gasteiger partial charge in [-0.05, 0) is 17.7 Å². The third-order valence-electron chi connectivity index (χ3n) is 3.48. The van der Waals surface area contributed by atoms with Crippen LogP contribution < -0.4 is 11.1 Å². The first-order valence-corrected chi connectivity index (χ1v) is 7.17. The van der Waals surface area contributed by atoms with Gasteiger partial charge in [0.05, 0.1) is 23.3 Å². The normalized spacial score (nSPS) is 10.5. The summed E-state index contributed by atoms with van der Waals surface area (Å²) in [5.74, 6) is -0.0507. The van der Waals surface area contributed by atoms with E-state index < -0.39 is 0 Å². The van der Waals surface area contributed by atoms with Crippen LogP contribution >= 0.6 is 0 Å². The molecular weight excluding hydrogens is 274 g/mol. The van der Waals surface area contributed by atoms with Crippen LogP contribution in [0.5, 0.6) is 0 Å². The number of nitrogen functional groups attached to an aromatic ring is 1. The first kappa shape index (κ1) is 14.1. The maximum absolute atomic E-state index is 12.0. The molecule has 0 spiro atoms. The smallest absolute Gasteiger partial charge is 0.226 e. The molecule has 2 aromatic carbocycles. The molecule has 3 N–H and O–H groups in total. The highest BCUT2D eigenvalue weighted by atomic mass is 16.1. The summed E-state index contributed by atoms with van der Waals surface area (Å²) in [4.78, 5) is 16.5. The van der Waals surface area contributed by atoms with E-state index in [9.17, 15) is 4.79 Å².